The van der Waals surface area contributed by atoms with Crippen LogP contribution in [0.25, 0.3) is 0 Å². The van der Waals surface area contributed by atoms with E-state index in [0.29, 0.717) is 6.61 Å². The summed E-state index contributed by atoms with van der Waals surface area (Å²) < 4.78 is 10.3. The first-order chi connectivity index (χ1) is 4.18. The Morgan fingerprint density at radius 1 is 1.44 bits per heavy atom. The molecule has 2 nitrogen and oxygen atoms in total. The first kappa shape index (κ1) is 9.57. The van der Waals surface area contributed by atoms with Gasteiger partial charge in [0.05, 0.1) is 6.61 Å². The number of hydrogen-bond donors (Lipinski definition) is 0. The van der Waals surface area contributed by atoms with Crippen molar-refractivity contribution < 1.29 is 9.05 Å². The van der Waals surface area contributed by atoms with E-state index in [1.807, 2.05) is 13.8 Å². The first-order valence-electron chi connectivity index (χ1n) is 2.98. The van der Waals surface area contributed by atoms with Crippen molar-refractivity contribution in [3.63, 3.8) is 0 Å². The number of rotatable bonds is 4. The van der Waals surface area contributed by atoms with Gasteiger partial charge in [0.2, 0.25) is 0 Å². The molecule has 0 bridgehead atoms. The van der Waals surface area contributed by atoms with Gasteiger partial charge >= 0.3 is 0 Å². The molecule has 0 radical (unpaired) electrons. The highest BCUT2D eigenvalue weighted by molar-refractivity contribution is 8.09. The maximum absolute atomic E-state index is 5.23. The summed E-state index contributed by atoms with van der Waals surface area (Å²) in [7, 11) is 1.61. The standard InChI is InChI=1S/C5H13O2PS/c1-4-7-8(9,5-2)6-3/h4-5H2,1-3H3. The van der Waals surface area contributed by atoms with Crippen LogP contribution in [0, 0.1) is 0 Å². The van der Waals surface area contributed by atoms with Crippen LogP contribution < -0.4 is 0 Å². The highest BCUT2D eigenvalue weighted by Gasteiger charge is 2.11. The highest BCUT2D eigenvalue weighted by atomic mass is 32.5. The summed E-state index contributed by atoms with van der Waals surface area (Å²) in [6.07, 6.45) is 0.812. The molecule has 0 aromatic rings. The lowest BCUT2D eigenvalue weighted by molar-refractivity contribution is 0.296. The van der Waals surface area contributed by atoms with Crippen molar-refractivity contribution in [2.75, 3.05) is 19.9 Å². The van der Waals surface area contributed by atoms with E-state index in [1.54, 1.807) is 7.11 Å². The molecule has 1 unspecified atom stereocenters. The maximum atomic E-state index is 5.23. The van der Waals surface area contributed by atoms with E-state index in [2.05, 4.69) is 0 Å². The van der Waals surface area contributed by atoms with Crippen LogP contribution in [0.1, 0.15) is 13.8 Å². The van der Waals surface area contributed by atoms with Gasteiger partial charge < -0.3 is 9.05 Å². The predicted octanol–water partition coefficient (Wildman–Crippen LogP) is 2.00. The third-order valence-electron chi connectivity index (χ3n) is 0.991. The molecule has 0 fully saturated rings. The van der Waals surface area contributed by atoms with E-state index in [9.17, 15) is 0 Å². The first-order valence-corrected chi connectivity index (χ1v) is 5.80. The minimum Gasteiger partial charge on any atom is -0.333 e. The Morgan fingerprint density at radius 2 is 2.00 bits per heavy atom. The average molecular weight is 168 g/mol. The Kier molecular flexibility index (Phi) is 4.67. The molecule has 1 atom stereocenters. The van der Waals surface area contributed by atoms with E-state index in [0.717, 1.165) is 6.16 Å². The summed E-state index contributed by atoms with van der Waals surface area (Å²) >= 11 is 5.07. The van der Waals surface area contributed by atoms with Gasteiger partial charge in [-0.25, -0.2) is 0 Å². The minimum atomic E-state index is -1.85. The molecule has 0 aromatic heterocycles. The fourth-order valence-corrected chi connectivity index (χ4v) is 1.73. The fourth-order valence-electron chi connectivity index (χ4n) is 0.470. The molecule has 9 heavy (non-hydrogen) atoms. The molecule has 0 spiro atoms. The van der Waals surface area contributed by atoms with Gasteiger partial charge in [-0.15, -0.1) is 0 Å². The second-order valence-electron chi connectivity index (χ2n) is 1.53. The zero-order valence-corrected chi connectivity index (χ0v) is 7.80. The second kappa shape index (κ2) is 4.40. The topological polar surface area (TPSA) is 18.5 Å². The van der Waals surface area contributed by atoms with Crippen molar-refractivity contribution in [1.29, 1.82) is 0 Å². The Morgan fingerprint density at radius 3 is 2.11 bits per heavy atom. The molecule has 0 amide bonds. The van der Waals surface area contributed by atoms with Gasteiger partial charge in [-0.3, -0.25) is 0 Å². The molecule has 0 aliphatic heterocycles. The summed E-state index contributed by atoms with van der Waals surface area (Å²) in [5.41, 5.74) is 0. The predicted molar refractivity (Wildman–Crippen MR) is 43.5 cm³/mol. The van der Waals surface area contributed by atoms with E-state index < -0.39 is 6.49 Å². The van der Waals surface area contributed by atoms with Crippen LogP contribution in [0.5, 0.6) is 0 Å². The molecule has 0 aliphatic carbocycles. The normalized spacial score (nSPS) is 17.2. The summed E-state index contributed by atoms with van der Waals surface area (Å²) in [6.45, 7) is 2.72. The molecule has 0 rings (SSSR count). The zero-order valence-electron chi connectivity index (χ0n) is 6.09. The smallest absolute Gasteiger partial charge is 0.188 e. The summed E-state index contributed by atoms with van der Waals surface area (Å²) in [5, 5.41) is 0. The zero-order chi connectivity index (χ0) is 7.33. The molecule has 0 aromatic carbocycles. The average Bonchev–Trinajstić information content (AvgIpc) is 1.89. The monoisotopic (exact) mass is 168 g/mol. The van der Waals surface area contributed by atoms with E-state index in [1.165, 1.54) is 0 Å². The number of hydrogen-bond acceptors (Lipinski definition) is 3. The van der Waals surface area contributed by atoms with E-state index >= 15 is 0 Å². The molecule has 56 valence electrons. The lowest BCUT2D eigenvalue weighted by atomic mass is 10.9. The van der Waals surface area contributed by atoms with Gasteiger partial charge in [-0.05, 0) is 18.7 Å². The minimum absolute atomic E-state index is 0.652. The molecule has 0 saturated carbocycles. The molecular formula is C5H13O2PS. The van der Waals surface area contributed by atoms with Crippen molar-refractivity contribution in [2.24, 2.45) is 0 Å². The lowest BCUT2D eigenvalue weighted by Crippen LogP contribution is -1.93. The maximum Gasteiger partial charge on any atom is 0.188 e. The van der Waals surface area contributed by atoms with Crippen molar-refractivity contribution in [2.45, 2.75) is 13.8 Å². The third-order valence-corrected chi connectivity index (χ3v) is 4.51. The Balaban J connectivity index is 3.78. The van der Waals surface area contributed by atoms with Crippen molar-refractivity contribution in [1.82, 2.24) is 0 Å². The Bertz CT molecular complexity index is 108. The van der Waals surface area contributed by atoms with Gasteiger partial charge in [0.15, 0.2) is 6.49 Å². The van der Waals surface area contributed by atoms with Crippen LogP contribution in [0.15, 0.2) is 0 Å². The van der Waals surface area contributed by atoms with Crippen molar-refractivity contribution >= 4 is 18.3 Å². The van der Waals surface area contributed by atoms with Gasteiger partial charge in [0.25, 0.3) is 0 Å². The lowest BCUT2D eigenvalue weighted by Gasteiger charge is -2.16. The van der Waals surface area contributed by atoms with Crippen molar-refractivity contribution in [3.05, 3.63) is 0 Å². The van der Waals surface area contributed by atoms with Crippen LogP contribution in [-0.2, 0) is 20.9 Å². The van der Waals surface area contributed by atoms with E-state index in [4.69, 9.17) is 20.9 Å². The molecular weight excluding hydrogens is 155 g/mol. The quantitative estimate of drug-likeness (QED) is 0.598. The second-order valence-corrected chi connectivity index (χ2v) is 5.67. The third kappa shape index (κ3) is 3.31. The Hall–Kier alpha value is 0.570. The van der Waals surface area contributed by atoms with Crippen LogP contribution >= 0.6 is 6.49 Å². The van der Waals surface area contributed by atoms with E-state index in [-0.39, 0.29) is 0 Å². The van der Waals surface area contributed by atoms with Crippen LogP contribution in [0.2, 0.25) is 0 Å². The molecule has 0 heterocycles. The van der Waals surface area contributed by atoms with Gasteiger partial charge in [0.1, 0.15) is 0 Å². The summed E-state index contributed by atoms with van der Waals surface area (Å²) in [4.78, 5) is 0. The molecule has 0 saturated heterocycles. The van der Waals surface area contributed by atoms with Crippen LogP contribution in [0.4, 0.5) is 0 Å². The van der Waals surface area contributed by atoms with Gasteiger partial charge in [0, 0.05) is 13.3 Å². The summed E-state index contributed by atoms with van der Waals surface area (Å²) in [6, 6.07) is 0. The largest absolute Gasteiger partial charge is 0.333 e. The Labute approximate surface area is 61.7 Å². The van der Waals surface area contributed by atoms with Crippen LogP contribution in [-0.4, -0.2) is 19.9 Å². The molecule has 0 N–H and O–H groups in total. The molecule has 0 aliphatic rings. The van der Waals surface area contributed by atoms with Crippen molar-refractivity contribution in [3.8, 4) is 0 Å². The van der Waals surface area contributed by atoms with Gasteiger partial charge in [-0.1, -0.05) is 6.92 Å². The van der Waals surface area contributed by atoms with Crippen LogP contribution in [0.3, 0.4) is 0 Å². The SMILES string of the molecule is CCOP(=S)(CC)OC. The van der Waals surface area contributed by atoms with Gasteiger partial charge in [-0.2, -0.15) is 0 Å². The fraction of sp³-hybridized carbons (Fsp3) is 1.00. The molecule has 4 heteroatoms. The highest BCUT2D eigenvalue weighted by Crippen LogP contribution is 2.46. The summed E-state index contributed by atoms with van der Waals surface area (Å²) in [5.74, 6) is 0.